The van der Waals surface area contributed by atoms with Crippen molar-refractivity contribution in [1.29, 1.82) is 0 Å². The van der Waals surface area contributed by atoms with E-state index in [1.165, 1.54) is 21.3 Å². The molecule has 1 aliphatic heterocycles. The van der Waals surface area contributed by atoms with Crippen LogP contribution in [0.25, 0.3) is 0 Å². The van der Waals surface area contributed by atoms with Gasteiger partial charge in [0, 0.05) is 29.3 Å². The number of Topliss-reactive ketones (excluding diaryl/α,β-unsaturated/α-hetero) is 1. The summed E-state index contributed by atoms with van der Waals surface area (Å²) in [6.07, 6.45) is 1.03. The van der Waals surface area contributed by atoms with Gasteiger partial charge >= 0.3 is 5.97 Å². The number of nitrogens with one attached hydrogen (secondary N) is 1. The molecule has 1 aliphatic carbocycles. The Morgan fingerprint density at radius 3 is 2.20 bits per heavy atom. The highest BCUT2D eigenvalue weighted by molar-refractivity contribution is 6.04. The molecule has 4 rings (SSSR count). The maximum Gasteiger partial charge on any atom is 0.336 e. The smallest absolute Gasteiger partial charge is 0.336 e. The van der Waals surface area contributed by atoms with Crippen LogP contribution in [0.15, 0.2) is 65.0 Å². The van der Waals surface area contributed by atoms with E-state index in [-0.39, 0.29) is 18.3 Å². The Hall–Kier alpha value is -3.74. The lowest BCUT2D eigenvalue weighted by Gasteiger charge is -2.37. The number of allylic oxidation sites excluding steroid dienone is 3. The summed E-state index contributed by atoms with van der Waals surface area (Å²) in [6.45, 7) is 3.84. The molecular formula is C28H31NO6. The summed E-state index contributed by atoms with van der Waals surface area (Å²) in [5.74, 6) is 0.333. The number of rotatable bonds is 7. The molecule has 184 valence electrons. The second-order valence-electron chi connectivity index (χ2n) is 8.61. The quantitative estimate of drug-likeness (QED) is 0.582. The molecule has 0 saturated carbocycles. The van der Waals surface area contributed by atoms with Gasteiger partial charge in [-0.1, -0.05) is 30.3 Å². The first-order valence-electron chi connectivity index (χ1n) is 11.7. The fourth-order valence-electron chi connectivity index (χ4n) is 5.08. The summed E-state index contributed by atoms with van der Waals surface area (Å²) in [7, 11) is 4.61. The van der Waals surface area contributed by atoms with Gasteiger partial charge in [0.05, 0.1) is 33.5 Å². The summed E-state index contributed by atoms with van der Waals surface area (Å²) >= 11 is 0. The van der Waals surface area contributed by atoms with Gasteiger partial charge in [0.25, 0.3) is 0 Å². The van der Waals surface area contributed by atoms with Crippen molar-refractivity contribution in [1.82, 2.24) is 5.32 Å². The first-order chi connectivity index (χ1) is 16.9. The highest BCUT2D eigenvalue weighted by Gasteiger charge is 2.42. The molecule has 35 heavy (non-hydrogen) atoms. The molecule has 7 nitrogen and oxygen atoms in total. The molecule has 1 N–H and O–H groups in total. The highest BCUT2D eigenvalue weighted by Crippen LogP contribution is 2.49. The van der Waals surface area contributed by atoms with Crippen LogP contribution in [-0.4, -0.2) is 39.7 Å². The van der Waals surface area contributed by atoms with Gasteiger partial charge in [-0.2, -0.15) is 0 Å². The number of carbonyl (C=O) groups is 2. The Labute approximate surface area is 205 Å². The summed E-state index contributed by atoms with van der Waals surface area (Å²) in [4.78, 5) is 26.9. The number of dihydropyridines is 1. The second kappa shape index (κ2) is 10.3. The second-order valence-corrected chi connectivity index (χ2v) is 8.61. The zero-order valence-corrected chi connectivity index (χ0v) is 20.8. The zero-order valence-electron chi connectivity index (χ0n) is 20.8. The number of ether oxygens (including phenoxy) is 4. The first-order valence-corrected chi connectivity index (χ1v) is 11.7. The molecule has 2 aromatic rings. The molecule has 0 amide bonds. The van der Waals surface area contributed by atoms with Crippen molar-refractivity contribution in [3.63, 3.8) is 0 Å². The third-order valence-corrected chi connectivity index (χ3v) is 6.61. The molecule has 0 aromatic heterocycles. The van der Waals surface area contributed by atoms with Crippen LogP contribution in [0.4, 0.5) is 0 Å². The lowest BCUT2D eigenvalue weighted by atomic mass is 9.71. The van der Waals surface area contributed by atoms with Gasteiger partial charge < -0.3 is 24.3 Å². The van der Waals surface area contributed by atoms with Crippen LogP contribution >= 0.6 is 0 Å². The Kier molecular flexibility index (Phi) is 7.15. The van der Waals surface area contributed by atoms with E-state index in [4.69, 9.17) is 18.9 Å². The Morgan fingerprint density at radius 2 is 1.63 bits per heavy atom. The monoisotopic (exact) mass is 477 g/mol. The van der Waals surface area contributed by atoms with Gasteiger partial charge in [-0.15, -0.1) is 0 Å². The highest BCUT2D eigenvalue weighted by atomic mass is 16.5. The number of esters is 1. The van der Waals surface area contributed by atoms with Crippen LogP contribution in [-0.2, 0) is 14.3 Å². The molecule has 0 unspecified atom stereocenters. The number of methoxy groups -OCH3 is 3. The van der Waals surface area contributed by atoms with Crippen molar-refractivity contribution < 1.29 is 28.5 Å². The molecule has 0 bridgehead atoms. The van der Waals surface area contributed by atoms with Crippen molar-refractivity contribution in [3.05, 3.63) is 76.1 Å². The van der Waals surface area contributed by atoms with E-state index < -0.39 is 11.9 Å². The van der Waals surface area contributed by atoms with Gasteiger partial charge in [0.1, 0.15) is 0 Å². The average Bonchev–Trinajstić information content (AvgIpc) is 2.87. The fourth-order valence-corrected chi connectivity index (χ4v) is 5.08. The Morgan fingerprint density at radius 1 is 0.971 bits per heavy atom. The average molecular weight is 478 g/mol. The van der Waals surface area contributed by atoms with Crippen LogP contribution in [0.5, 0.6) is 17.2 Å². The van der Waals surface area contributed by atoms with Gasteiger partial charge in [0.15, 0.2) is 17.3 Å². The van der Waals surface area contributed by atoms with Crippen molar-refractivity contribution in [3.8, 4) is 17.2 Å². The molecule has 2 atom stereocenters. The maximum absolute atomic E-state index is 13.7. The van der Waals surface area contributed by atoms with Crippen LogP contribution in [0, 0.1) is 0 Å². The molecule has 0 saturated heterocycles. The normalized spacial score (nSPS) is 19.6. The zero-order chi connectivity index (χ0) is 25.1. The molecule has 0 spiro atoms. The van der Waals surface area contributed by atoms with Crippen molar-refractivity contribution >= 4 is 11.8 Å². The fraction of sp³-hybridized carbons (Fsp3) is 0.357. The minimum atomic E-state index is -0.622. The summed E-state index contributed by atoms with van der Waals surface area (Å²) in [6, 6.07) is 13.6. The van der Waals surface area contributed by atoms with Crippen molar-refractivity contribution in [2.24, 2.45) is 0 Å². The van der Waals surface area contributed by atoms with Gasteiger partial charge in [-0.3, -0.25) is 4.79 Å². The standard InChI is InChI=1S/C28H31NO6/c1-6-35-28(31)24-16(2)29-20-12-18(17-10-8-7-9-11-17)13-21(30)26(20)25(24)19-14-22(32-3)27(34-5)23(15-19)33-4/h7-11,14-15,18,25,29H,6,12-13H2,1-5H3/t18-,25-/m0/s1. The van der Waals surface area contributed by atoms with Crippen LogP contribution < -0.4 is 19.5 Å². The first kappa shape index (κ1) is 24.4. The number of ketones is 1. The lowest BCUT2D eigenvalue weighted by molar-refractivity contribution is -0.138. The predicted molar refractivity (Wildman–Crippen MR) is 132 cm³/mol. The molecule has 7 heteroatoms. The predicted octanol–water partition coefficient (Wildman–Crippen LogP) is 4.64. The summed E-state index contributed by atoms with van der Waals surface area (Å²) in [5, 5.41) is 3.37. The molecular weight excluding hydrogens is 446 g/mol. The number of benzene rings is 2. The number of hydrogen-bond acceptors (Lipinski definition) is 7. The number of carbonyl (C=O) groups excluding carboxylic acids is 2. The van der Waals surface area contributed by atoms with Crippen LogP contribution in [0.3, 0.4) is 0 Å². The minimum absolute atomic E-state index is 0.000605. The van der Waals surface area contributed by atoms with E-state index in [1.807, 2.05) is 25.1 Å². The third-order valence-electron chi connectivity index (χ3n) is 6.61. The van der Waals surface area contributed by atoms with E-state index >= 15 is 0 Å². The SMILES string of the molecule is CCOC(=O)C1=C(C)NC2=C(C(=O)C[C@@H](c3ccccc3)C2)[C@H]1c1cc(OC)c(OC)c(OC)c1. The van der Waals surface area contributed by atoms with Crippen molar-refractivity contribution in [2.45, 2.75) is 38.5 Å². The lowest BCUT2D eigenvalue weighted by Crippen LogP contribution is -2.36. The van der Waals surface area contributed by atoms with Crippen molar-refractivity contribution in [2.75, 3.05) is 27.9 Å². The Bertz CT molecular complexity index is 1170. The van der Waals surface area contributed by atoms with Crippen LogP contribution in [0.2, 0.25) is 0 Å². The summed E-state index contributed by atoms with van der Waals surface area (Å²) < 4.78 is 22.0. The molecule has 0 fully saturated rings. The maximum atomic E-state index is 13.7. The molecule has 1 heterocycles. The van der Waals surface area contributed by atoms with E-state index in [0.717, 1.165) is 11.3 Å². The molecule has 2 aliphatic rings. The van der Waals surface area contributed by atoms with Gasteiger partial charge in [-0.25, -0.2) is 4.79 Å². The van der Waals surface area contributed by atoms with E-state index in [2.05, 4.69) is 17.4 Å². The van der Waals surface area contributed by atoms with E-state index in [9.17, 15) is 9.59 Å². The molecule has 2 aromatic carbocycles. The minimum Gasteiger partial charge on any atom is -0.493 e. The Balaban J connectivity index is 1.88. The third kappa shape index (κ3) is 4.50. The van der Waals surface area contributed by atoms with E-state index in [0.29, 0.717) is 52.5 Å². The van der Waals surface area contributed by atoms with E-state index in [1.54, 1.807) is 19.1 Å². The molecule has 0 radical (unpaired) electrons. The summed E-state index contributed by atoms with van der Waals surface area (Å²) in [5.41, 5.74) is 4.31. The topological polar surface area (TPSA) is 83.1 Å². The largest absolute Gasteiger partial charge is 0.493 e. The van der Waals surface area contributed by atoms with Gasteiger partial charge in [-0.05, 0) is 49.4 Å². The van der Waals surface area contributed by atoms with Crippen LogP contribution in [0.1, 0.15) is 49.7 Å². The van der Waals surface area contributed by atoms with Gasteiger partial charge in [0.2, 0.25) is 5.75 Å². The number of hydrogen-bond donors (Lipinski definition) is 1.